The molecular weight excluding hydrogens is 288 g/mol. The average molecular weight is 302 g/mol. The predicted octanol–water partition coefficient (Wildman–Crippen LogP) is 2.00. The summed E-state index contributed by atoms with van der Waals surface area (Å²) in [6, 6.07) is 7.15. The molecule has 0 unspecified atom stereocenters. The van der Waals surface area contributed by atoms with E-state index in [0.29, 0.717) is 30.3 Å². The van der Waals surface area contributed by atoms with Gasteiger partial charge in [0.2, 0.25) is 0 Å². The van der Waals surface area contributed by atoms with Crippen molar-refractivity contribution in [1.82, 2.24) is 0 Å². The summed E-state index contributed by atoms with van der Waals surface area (Å²) in [6.45, 7) is 0.935. The minimum absolute atomic E-state index is 0.0253. The van der Waals surface area contributed by atoms with E-state index < -0.39 is 17.3 Å². The van der Waals surface area contributed by atoms with Crippen LogP contribution in [0.5, 0.6) is 28.7 Å². The fourth-order valence-electron chi connectivity index (χ4n) is 2.35. The third-order valence-electron chi connectivity index (χ3n) is 3.33. The number of benzene rings is 2. The molecule has 3 rings (SSSR count). The van der Waals surface area contributed by atoms with Crippen LogP contribution >= 0.6 is 0 Å². The number of fused-ring (bicyclic) bond motifs is 1. The highest BCUT2D eigenvalue weighted by atomic mass is 16.6. The van der Waals surface area contributed by atoms with Gasteiger partial charge in [-0.3, -0.25) is 4.79 Å². The van der Waals surface area contributed by atoms with Crippen molar-refractivity contribution >= 4 is 5.78 Å². The van der Waals surface area contributed by atoms with Crippen LogP contribution in [-0.2, 0) is 6.42 Å². The lowest BCUT2D eigenvalue weighted by Crippen LogP contribution is -2.15. The van der Waals surface area contributed by atoms with Crippen LogP contribution in [0.15, 0.2) is 30.3 Å². The molecule has 22 heavy (non-hydrogen) atoms. The first-order chi connectivity index (χ1) is 10.5. The van der Waals surface area contributed by atoms with Crippen molar-refractivity contribution in [3.63, 3.8) is 0 Å². The van der Waals surface area contributed by atoms with Crippen LogP contribution in [0.2, 0.25) is 0 Å². The summed E-state index contributed by atoms with van der Waals surface area (Å²) in [6.07, 6.45) is -0.0253. The van der Waals surface area contributed by atoms with E-state index in [9.17, 15) is 20.1 Å². The van der Waals surface area contributed by atoms with Crippen molar-refractivity contribution in [3.05, 3.63) is 41.5 Å². The Morgan fingerprint density at radius 3 is 2.27 bits per heavy atom. The molecule has 0 saturated carbocycles. The van der Waals surface area contributed by atoms with Gasteiger partial charge in [-0.2, -0.15) is 0 Å². The number of ketones is 1. The van der Waals surface area contributed by atoms with E-state index in [1.807, 2.05) is 0 Å². The molecule has 3 N–H and O–H groups in total. The van der Waals surface area contributed by atoms with Crippen molar-refractivity contribution in [2.24, 2.45) is 0 Å². The number of phenolic OH excluding ortho intramolecular Hbond substituents is 3. The lowest BCUT2D eigenvalue weighted by atomic mass is 10.0. The van der Waals surface area contributed by atoms with E-state index in [1.54, 1.807) is 18.2 Å². The van der Waals surface area contributed by atoms with E-state index in [0.717, 1.165) is 12.1 Å². The van der Waals surface area contributed by atoms with Gasteiger partial charge >= 0.3 is 0 Å². The van der Waals surface area contributed by atoms with Gasteiger partial charge in [0.1, 0.15) is 36.0 Å². The molecule has 0 amide bonds. The molecule has 1 heterocycles. The van der Waals surface area contributed by atoms with Crippen LogP contribution in [-0.4, -0.2) is 34.3 Å². The standard InChI is InChI=1S/C16H14O6/c17-10-7-12(19)16(13(20)8-10)11(18)5-9-1-2-14-15(6-9)22-4-3-21-14/h1-2,6-8,17,19-20H,3-5H2. The summed E-state index contributed by atoms with van der Waals surface area (Å²) in [5.41, 5.74) is 0.453. The highest BCUT2D eigenvalue weighted by Crippen LogP contribution is 2.34. The van der Waals surface area contributed by atoms with Crippen LogP contribution in [0.4, 0.5) is 0 Å². The molecule has 0 saturated heterocycles. The smallest absolute Gasteiger partial charge is 0.174 e. The molecule has 0 bridgehead atoms. The largest absolute Gasteiger partial charge is 0.508 e. The SMILES string of the molecule is O=C(Cc1ccc2c(c1)OCCO2)c1c(O)cc(O)cc1O. The van der Waals surface area contributed by atoms with Gasteiger partial charge in [0.25, 0.3) is 0 Å². The zero-order valence-corrected chi connectivity index (χ0v) is 11.6. The monoisotopic (exact) mass is 302 g/mol. The number of Topliss-reactive ketones (excluding diaryl/α,β-unsaturated/α-hetero) is 1. The van der Waals surface area contributed by atoms with Gasteiger partial charge in [0.15, 0.2) is 17.3 Å². The van der Waals surface area contributed by atoms with Crippen LogP contribution in [0.1, 0.15) is 15.9 Å². The molecule has 0 aromatic heterocycles. The van der Waals surface area contributed by atoms with Crippen LogP contribution < -0.4 is 9.47 Å². The Balaban J connectivity index is 1.86. The van der Waals surface area contributed by atoms with Gasteiger partial charge in [-0.15, -0.1) is 0 Å². The Morgan fingerprint density at radius 2 is 1.59 bits per heavy atom. The topological polar surface area (TPSA) is 96.2 Å². The minimum Gasteiger partial charge on any atom is -0.508 e. The van der Waals surface area contributed by atoms with E-state index >= 15 is 0 Å². The maximum absolute atomic E-state index is 12.3. The van der Waals surface area contributed by atoms with Crippen molar-refractivity contribution in [1.29, 1.82) is 0 Å². The first-order valence-electron chi connectivity index (χ1n) is 6.71. The molecule has 2 aromatic carbocycles. The number of hydrogen-bond donors (Lipinski definition) is 3. The average Bonchev–Trinajstić information content (AvgIpc) is 2.46. The van der Waals surface area contributed by atoms with Gasteiger partial charge in [0, 0.05) is 18.6 Å². The fourth-order valence-corrected chi connectivity index (χ4v) is 2.35. The Morgan fingerprint density at radius 1 is 0.955 bits per heavy atom. The molecule has 0 atom stereocenters. The molecule has 6 heteroatoms. The number of carbonyl (C=O) groups excluding carboxylic acids is 1. The Bertz CT molecular complexity index is 714. The van der Waals surface area contributed by atoms with Crippen molar-refractivity contribution in [2.75, 3.05) is 13.2 Å². The highest BCUT2D eigenvalue weighted by Gasteiger charge is 2.19. The number of ether oxygens (including phenoxy) is 2. The molecule has 0 radical (unpaired) electrons. The summed E-state index contributed by atoms with van der Waals surface area (Å²) < 4.78 is 10.8. The Labute approximate surface area is 126 Å². The Hall–Kier alpha value is -2.89. The number of carbonyl (C=O) groups is 1. The third kappa shape index (κ3) is 2.63. The molecule has 0 fully saturated rings. The van der Waals surface area contributed by atoms with Crippen LogP contribution in [0, 0.1) is 0 Å². The molecule has 6 nitrogen and oxygen atoms in total. The van der Waals surface area contributed by atoms with E-state index in [-0.39, 0.29) is 17.7 Å². The van der Waals surface area contributed by atoms with E-state index in [2.05, 4.69) is 0 Å². The minimum atomic E-state index is -0.466. The normalized spacial score (nSPS) is 12.9. The van der Waals surface area contributed by atoms with Gasteiger partial charge in [-0.1, -0.05) is 6.07 Å². The van der Waals surface area contributed by atoms with Crippen molar-refractivity contribution < 1.29 is 29.6 Å². The van der Waals surface area contributed by atoms with E-state index in [4.69, 9.17) is 9.47 Å². The number of hydrogen-bond acceptors (Lipinski definition) is 6. The maximum Gasteiger partial charge on any atom is 0.174 e. The maximum atomic E-state index is 12.3. The quantitative estimate of drug-likeness (QED) is 0.750. The number of phenols is 3. The van der Waals surface area contributed by atoms with Gasteiger partial charge in [-0.25, -0.2) is 0 Å². The molecule has 114 valence electrons. The summed E-state index contributed by atoms with van der Waals surface area (Å²) in [4.78, 5) is 12.3. The lowest BCUT2D eigenvalue weighted by Gasteiger charge is -2.18. The second kappa shape index (κ2) is 5.48. The molecule has 0 spiro atoms. The number of rotatable bonds is 3. The summed E-state index contributed by atoms with van der Waals surface area (Å²) in [7, 11) is 0. The Kier molecular flexibility index (Phi) is 3.50. The molecule has 1 aliphatic rings. The second-order valence-electron chi connectivity index (χ2n) is 4.94. The first-order valence-corrected chi connectivity index (χ1v) is 6.71. The first kappa shape index (κ1) is 14.1. The lowest BCUT2D eigenvalue weighted by molar-refractivity contribution is 0.0987. The zero-order valence-electron chi connectivity index (χ0n) is 11.6. The van der Waals surface area contributed by atoms with Crippen LogP contribution in [0.3, 0.4) is 0 Å². The van der Waals surface area contributed by atoms with Crippen molar-refractivity contribution in [3.8, 4) is 28.7 Å². The highest BCUT2D eigenvalue weighted by molar-refractivity contribution is 6.02. The molecule has 2 aromatic rings. The summed E-state index contributed by atoms with van der Waals surface area (Å²) in [5, 5.41) is 28.7. The van der Waals surface area contributed by atoms with Crippen molar-refractivity contribution in [2.45, 2.75) is 6.42 Å². The zero-order chi connectivity index (χ0) is 15.7. The predicted molar refractivity (Wildman–Crippen MR) is 76.9 cm³/mol. The second-order valence-corrected chi connectivity index (χ2v) is 4.94. The van der Waals surface area contributed by atoms with Gasteiger partial charge < -0.3 is 24.8 Å². The summed E-state index contributed by atoms with van der Waals surface area (Å²) >= 11 is 0. The molecule has 1 aliphatic heterocycles. The molecule has 0 aliphatic carbocycles. The van der Waals surface area contributed by atoms with Gasteiger partial charge in [-0.05, 0) is 17.7 Å². The van der Waals surface area contributed by atoms with E-state index in [1.165, 1.54) is 0 Å². The summed E-state index contributed by atoms with van der Waals surface area (Å²) in [5.74, 6) is -0.508. The fraction of sp³-hybridized carbons (Fsp3) is 0.188. The third-order valence-corrected chi connectivity index (χ3v) is 3.33. The van der Waals surface area contributed by atoms with Crippen LogP contribution in [0.25, 0.3) is 0 Å². The molecular formula is C16H14O6. The number of aromatic hydroxyl groups is 3. The van der Waals surface area contributed by atoms with Gasteiger partial charge in [0.05, 0.1) is 0 Å².